The summed E-state index contributed by atoms with van der Waals surface area (Å²) in [6.45, 7) is 0. The Kier molecular flexibility index (Phi) is 4.06. The molecule has 0 amide bonds. The van der Waals surface area contributed by atoms with Gasteiger partial charge < -0.3 is 5.11 Å². The monoisotopic (exact) mass is 300 g/mol. The van der Waals surface area contributed by atoms with Gasteiger partial charge >= 0.3 is 5.97 Å². The van der Waals surface area contributed by atoms with Crippen LogP contribution in [0.5, 0.6) is 0 Å². The number of pyridine rings is 2. The molecule has 2 heterocycles. The van der Waals surface area contributed by atoms with E-state index in [-0.39, 0.29) is 5.56 Å². The van der Waals surface area contributed by atoms with E-state index in [0.29, 0.717) is 20.1 Å². The number of aromatic carboxylic acids is 1. The first-order valence-electron chi connectivity index (χ1n) is 4.75. The number of carboxylic acid groups (broad SMARTS) is 1. The SMILES string of the molecule is O=C(O)c1cccnc1Sc1ncc(Cl)cc1Cl. The molecule has 2 aromatic rings. The summed E-state index contributed by atoms with van der Waals surface area (Å²) in [5, 5.41) is 10.6. The number of hydrogen-bond donors (Lipinski definition) is 1. The van der Waals surface area contributed by atoms with Crippen LogP contribution < -0.4 is 0 Å². The molecule has 0 bridgehead atoms. The fraction of sp³-hybridized carbons (Fsp3) is 0. The van der Waals surface area contributed by atoms with Gasteiger partial charge in [0.1, 0.15) is 10.1 Å². The molecule has 0 aliphatic carbocycles. The summed E-state index contributed by atoms with van der Waals surface area (Å²) in [6.07, 6.45) is 2.96. The van der Waals surface area contributed by atoms with Crippen molar-refractivity contribution in [2.75, 3.05) is 0 Å². The van der Waals surface area contributed by atoms with Crippen LogP contribution in [0.1, 0.15) is 10.4 Å². The second-order valence-electron chi connectivity index (χ2n) is 3.20. The van der Waals surface area contributed by atoms with Gasteiger partial charge in [-0.3, -0.25) is 0 Å². The number of halogens is 2. The Hall–Kier alpha value is -1.30. The average molecular weight is 301 g/mol. The molecule has 2 aromatic heterocycles. The highest BCUT2D eigenvalue weighted by Crippen LogP contribution is 2.33. The zero-order chi connectivity index (χ0) is 13.1. The largest absolute Gasteiger partial charge is 0.478 e. The summed E-state index contributed by atoms with van der Waals surface area (Å²) < 4.78 is 0. The van der Waals surface area contributed by atoms with Gasteiger partial charge in [-0.2, -0.15) is 0 Å². The van der Waals surface area contributed by atoms with E-state index in [1.807, 2.05) is 0 Å². The molecule has 0 unspecified atom stereocenters. The van der Waals surface area contributed by atoms with E-state index in [0.717, 1.165) is 11.8 Å². The van der Waals surface area contributed by atoms with Crippen LogP contribution in [-0.2, 0) is 0 Å². The summed E-state index contributed by atoms with van der Waals surface area (Å²) in [5.74, 6) is -1.05. The molecule has 0 saturated heterocycles. The van der Waals surface area contributed by atoms with E-state index in [2.05, 4.69) is 9.97 Å². The summed E-state index contributed by atoms with van der Waals surface area (Å²) in [6, 6.07) is 4.58. The minimum atomic E-state index is -1.05. The van der Waals surface area contributed by atoms with E-state index in [1.54, 1.807) is 12.1 Å². The van der Waals surface area contributed by atoms with Crippen molar-refractivity contribution >= 4 is 40.9 Å². The maximum Gasteiger partial charge on any atom is 0.338 e. The van der Waals surface area contributed by atoms with Crippen molar-refractivity contribution in [3.63, 3.8) is 0 Å². The number of nitrogens with zero attached hydrogens (tertiary/aromatic N) is 2. The van der Waals surface area contributed by atoms with Gasteiger partial charge in [0.2, 0.25) is 0 Å². The van der Waals surface area contributed by atoms with Crippen molar-refractivity contribution in [3.8, 4) is 0 Å². The Morgan fingerprint density at radius 2 is 2.06 bits per heavy atom. The molecule has 0 aromatic carbocycles. The molecule has 0 fully saturated rings. The number of aromatic nitrogens is 2. The van der Waals surface area contributed by atoms with Gasteiger partial charge in [-0.1, -0.05) is 23.2 Å². The molecule has 0 spiro atoms. The lowest BCUT2D eigenvalue weighted by molar-refractivity contribution is 0.0692. The Morgan fingerprint density at radius 1 is 1.28 bits per heavy atom. The van der Waals surface area contributed by atoms with Gasteiger partial charge in [0.15, 0.2) is 0 Å². The van der Waals surface area contributed by atoms with E-state index < -0.39 is 5.97 Å². The smallest absolute Gasteiger partial charge is 0.338 e. The highest BCUT2D eigenvalue weighted by molar-refractivity contribution is 7.99. The normalized spacial score (nSPS) is 10.3. The minimum Gasteiger partial charge on any atom is -0.478 e. The zero-order valence-corrected chi connectivity index (χ0v) is 11.1. The lowest BCUT2D eigenvalue weighted by Gasteiger charge is -2.05. The number of hydrogen-bond acceptors (Lipinski definition) is 4. The quantitative estimate of drug-likeness (QED) is 0.937. The molecule has 1 N–H and O–H groups in total. The van der Waals surface area contributed by atoms with E-state index in [4.69, 9.17) is 28.3 Å². The Morgan fingerprint density at radius 3 is 2.72 bits per heavy atom. The number of carboxylic acids is 1. The van der Waals surface area contributed by atoms with Crippen LogP contribution in [0.2, 0.25) is 10.0 Å². The Labute approximate surface area is 117 Å². The Balaban J connectivity index is 2.37. The molecule has 0 radical (unpaired) electrons. The summed E-state index contributed by atoms with van der Waals surface area (Å²) in [5.41, 5.74) is 0.107. The highest BCUT2D eigenvalue weighted by Gasteiger charge is 2.14. The summed E-state index contributed by atoms with van der Waals surface area (Å²) in [4.78, 5) is 19.1. The third kappa shape index (κ3) is 2.93. The molecule has 0 aliphatic rings. The van der Waals surface area contributed by atoms with Crippen LogP contribution in [-0.4, -0.2) is 21.0 Å². The average Bonchev–Trinajstić information content (AvgIpc) is 2.33. The van der Waals surface area contributed by atoms with Gasteiger partial charge in [0.05, 0.1) is 15.6 Å². The van der Waals surface area contributed by atoms with Crippen LogP contribution in [0.15, 0.2) is 40.6 Å². The molecule has 4 nitrogen and oxygen atoms in total. The summed E-state index contributed by atoms with van der Waals surface area (Å²) in [7, 11) is 0. The first-order chi connectivity index (χ1) is 8.58. The van der Waals surface area contributed by atoms with Gasteiger partial charge in [-0.15, -0.1) is 0 Å². The molecular formula is C11H6Cl2N2O2S. The number of carbonyl (C=O) groups is 1. The summed E-state index contributed by atoms with van der Waals surface area (Å²) >= 11 is 12.8. The molecule has 18 heavy (non-hydrogen) atoms. The lowest BCUT2D eigenvalue weighted by atomic mass is 10.3. The first-order valence-corrected chi connectivity index (χ1v) is 6.32. The third-order valence-corrected chi connectivity index (χ3v) is 3.61. The lowest BCUT2D eigenvalue weighted by Crippen LogP contribution is -2.00. The maximum atomic E-state index is 11.0. The van der Waals surface area contributed by atoms with Gasteiger partial charge in [-0.05, 0) is 30.0 Å². The fourth-order valence-electron chi connectivity index (χ4n) is 1.20. The predicted octanol–water partition coefficient (Wildman–Crippen LogP) is 3.63. The van der Waals surface area contributed by atoms with Gasteiger partial charge in [0, 0.05) is 12.4 Å². The highest BCUT2D eigenvalue weighted by atomic mass is 35.5. The minimum absolute atomic E-state index is 0.107. The van der Waals surface area contributed by atoms with Crippen molar-refractivity contribution in [2.45, 2.75) is 10.1 Å². The topological polar surface area (TPSA) is 63.1 Å². The van der Waals surface area contributed by atoms with E-state index in [1.165, 1.54) is 18.5 Å². The Bertz CT molecular complexity index is 607. The van der Waals surface area contributed by atoms with Gasteiger partial charge in [-0.25, -0.2) is 14.8 Å². The van der Waals surface area contributed by atoms with Crippen molar-refractivity contribution in [2.24, 2.45) is 0 Å². The standard InChI is InChI=1S/C11H6Cl2N2O2S/c12-6-4-8(13)10(15-5-6)18-9-7(11(16)17)2-1-3-14-9/h1-5H,(H,16,17). The van der Waals surface area contributed by atoms with Crippen LogP contribution >= 0.6 is 35.0 Å². The van der Waals surface area contributed by atoms with Crippen LogP contribution in [0, 0.1) is 0 Å². The fourth-order valence-corrected chi connectivity index (χ4v) is 2.52. The van der Waals surface area contributed by atoms with Crippen LogP contribution in [0.25, 0.3) is 0 Å². The first kappa shape index (κ1) is 13.1. The van der Waals surface area contributed by atoms with Crippen LogP contribution in [0.4, 0.5) is 0 Å². The van der Waals surface area contributed by atoms with E-state index in [9.17, 15) is 4.79 Å². The number of rotatable bonds is 3. The molecule has 92 valence electrons. The third-order valence-electron chi connectivity index (χ3n) is 1.97. The van der Waals surface area contributed by atoms with Crippen molar-refractivity contribution < 1.29 is 9.90 Å². The van der Waals surface area contributed by atoms with Crippen molar-refractivity contribution in [3.05, 3.63) is 46.2 Å². The molecule has 2 rings (SSSR count). The molecule has 0 aliphatic heterocycles. The second-order valence-corrected chi connectivity index (χ2v) is 5.02. The maximum absolute atomic E-state index is 11.0. The molecule has 0 atom stereocenters. The van der Waals surface area contributed by atoms with Crippen molar-refractivity contribution in [1.82, 2.24) is 9.97 Å². The zero-order valence-electron chi connectivity index (χ0n) is 8.80. The molecular weight excluding hydrogens is 295 g/mol. The second kappa shape index (κ2) is 5.56. The van der Waals surface area contributed by atoms with E-state index >= 15 is 0 Å². The van der Waals surface area contributed by atoms with Crippen molar-refractivity contribution in [1.29, 1.82) is 0 Å². The molecule has 7 heteroatoms. The van der Waals surface area contributed by atoms with Gasteiger partial charge in [0.25, 0.3) is 0 Å². The molecule has 0 saturated carbocycles. The predicted molar refractivity (Wildman–Crippen MR) is 69.6 cm³/mol. The van der Waals surface area contributed by atoms with Crippen LogP contribution in [0.3, 0.4) is 0 Å².